The van der Waals surface area contributed by atoms with Gasteiger partial charge in [-0.25, -0.2) is 0 Å². The Hall–Kier alpha value is -3.99. The quantitative estimate of drug-likeness (QED) is 0.171. The van der Waals surface area contributed by atoms with Crippen LogP contribution in [-0.4, -0.2) is 36.7 Å². The number of aliphatic hydroxyl groups is 1. The van der Waals surface area contributed by atoms with E-state index in [-0.39, 0.29) is 23.5 Å². The molecule has 0 unspecified atom stereocenters. The van der Waals surface area contributed by atoms with E-state index in [2.05, 4.69) is 10.2 Å². The first kappa shape index (κ1) is 23.3. The van der Waals surface area contributed by atoms with Crippen LogP contribution in [0.15, 0.2) is 58.1 Å². The fraction of sp³-hybridized carbons (Fsp3) is 0.250. The van der Waals surface area contributed by atoms with Crippen LogP contribution in [0.4, 0.5) is 11.4 Å². The average molecular weight is 429 g/mol. The second-order valence-electron chi connectivity index (χ2n) is 6.33. The Morgan fingerprint density at radius 2 is 1.87 bits per heavy atom. The Balaban J connectivity index is 2.40. The number of nitro groups is 1. The largest absolute Gasteiger partial charge is 0.509 e. The zero-order valence-corrected chi connectivity index (χ0v) is 17.1. The first-order valence-corrected chi connectivity index (χ1v) is 9.12. The van der Waals surface area contributed by atoms with E-state index in [1.165, 1.54) is 26.4 Å². The second-order valence-corrected chi connectivity index (χ2v) is 6.33. The maximum Gasteiger partial charge on any atom is 0.273 e. The van der Waals surface area contributed by atoms with Crippen LogP contribution < -0.4 is 20.9 Å². The van der Waals surface area contributed by atoms with Gasteiger partial charge in [0.1, 0.15) is 17.2 Å². The summed E-state index contributed by atoms with van der Waals surface area (Å²) < 4.78 is 10.4. The van der Waals surface area contributed by atoms with Crippen molar-refractivity contribution in [2.24, 2.45) is 21.7 Å². The summed E-state index contributed by atoms with van der Waals surface area (Å²) >= 11 is 0. The van der Waals surface area contributed by atoms with E-state index in [0.29, 0.717) is 24.3 Å². The van der Waals surface area contributed by atoms with Gasteiger partial charge in [0.2, 0.25) is 0 Å². The topological polar surface area (TPSA) is 176 Å². The number of non-ortho nitro benzene ring substituents is 1. The van der Waals surface area contributed by atoms with Gasteiger partial charge in [-0.15, -0.1) is 10.2 Å². The van der Waals surface area contributed by atoms with Crippen molar-refractivity contribution >= 4 is 17.3 Å². The molecular weight excluding hydrogens is 406 g/mol. The highest BCUT2D eigenvalue weighted by Gasteiger charge is 2.16. The lowest BCUT2D eigenvalue weighted by Crippen LogP contribution is -2.15. The van der Waals surface area contributed by atoms with Crippen molar-refractivity contribution < 1.29 is 24.3 Å². The molecule has 11 heteroatoms. The van der Waals surface area contributed by atoms with E-state index in [0.717, 1.165) is 11.6 Å². The summed E-state index contributed by atoms with van der Waals surface area (Å²) in [6, 6.07) is 9.06. The number of nitro benzene ring substituents is 1. The van der Waals surface area contributed by atoms with Crippen molar-refractivity contribution in [3.05, 3.63) is 69.1 Å². The minimum Gasteiger partial charge on any atom is -0.509 e. The van der Waals surface area contributed by atoms with Gasteiger partial charge in [-0.3, -0.25) is 14.9 Å². The van der Waals surface area contributed by atoms with Gasteiger partial charge in [0, 0.05) is 18.1 Å². The highest BCUT2D eigenvalue weighted by atomic mass is 16.6. The summed E-state index contributed by atoms with van der Waals surface area (Å²) in [5, 5.41) is 29.0. The van der Waals surface area contributed by atoms with Gasteiger partial charge >= 0.3 is 0 Å². The molecule has 0 atom stereocenters. The lowest BCUT2D eigenvalue weighted by molar-refractivity contribution is -0.384. The highest BCUT2D eigenvalue weighted by Crippen LogP contribution is 2.32. The van der Waals surface area contributed by atoms with Crippen molar-refractivity contribution in [3.63, 3.8) is 0 Å². The number of methoxy groups -OCH3 is 2. The summed E-state index contributed by atoms with van der Waals surface area (Å²) in [5.41, 5.74) is 11.9. The van der Waals surface area contributed by atoms with Crippen molar-refractivity contribution in [2.75, 3.05) is 20.8 Å². The molecule has 0 bridgehead atoms. The normalized spacial score (nSPS) is 11.8. The highest BCUT2D eigenvalue weighted by molar-refractivity contribution is 5.92. The fourth-order valence-electron chi connectivity index (χ4n) is 2.77. The number of allylic oxidation sites excluding steroid dienone is 1. The van der Waals surface area contributed by atoms with Gasteiger partial charge in [0.05, 0.1) is 25.2 Å². The summed E-state index contributed by atoms with van der Waals surface area (Å²) in [5.74, 6) is -0.845. The van der Waals surface area contributed by atoms with Crippen LogP contribution in [0.3, 0.4) is 0 Å². The molecule has 0 aliphatic carbocycles. The standard InChI is InChI=1S/C20H23N5O6/c1-30-17-6-3-12(7-8-21)9-13(17)10-16(26)19(20(22)27)24-23-15-5-4-14(25(28)29)11-18(15)31-2/h3-6,9,11,26H,7-8,10,21H2,1-2H3,(H2,22,27). The number of hydrogen-bond acceptors (Lipinski definition) is 9. The first-order chi connectivity index (χ1) is 14.8. The van der Waals surface area contributed by atoms with Gasteiger partial charge in [0.25, 0.3) is 11.6 Å². The summed E-state index contributed by atoms with van der Waals surface area (Å²) in [6.07, 6.45) is 0.542. The van der Waals surface area contributed by atoms with E-state index in [1.807, 2.05) is 6.07 Å². The Morgan fingerprint density at radius 3 is 2.45 bits per heavy atom. The second kappa shape index (κ2) is 10.7. The predicted octanol–water partition coefficient (Wildman–Crippen LogP) is 2.69. The third kappa shape index (κ3) is 6.00. The van der Waals surface area contributed by atoms with Crippen LogP contribution in [0.2, 0.25) is 0 Å². The SMILES string of the molecule is COc1ccc(CCN)cc1CC(O)=C(N=Nc1ccc([N+](=O)[O-])cc1OC)C(N)=O. The molecule has 0 aromatic heterocycles. The predicted molar refractivity (Wildman–Crippen MR) is 112 cm³/mol. The number of carbonyl (C=O) groups is 1. The lowest BCUT2D eigenvalue weighted by atomic mass is 10.0. The Labute approximate surface area is 178 Å². The molecule has 31 heavy (non-hydrogen) atoms. The van der Waals surface area contributed by atoms with Gasteiger partial charge in [0.15, 0.2) is 11.4 Å². The number of ether oxygens (including phenoxy) is 2. The zero-order valence-electron chi connectivity index (χ0n) is 17.1. The number of rotatable bonds is 10. The molecular formula is C20H23N5O6. The van der Waals surface area contributed by atoms with Crippen molar-refractivity contribution in [2.45, 2.75) is 12.8 Å². The third-order valence-corrected chi connectivity index (χ3v) is 4.27. The van der Waals surface area contributed by atoms with Crippen molar-refractivity contribution in [3.8, 4) is 11.5 Å². The third-order valence-electron chi connectivity index (χ3n) is 4.27. The van der Waals surface area contributed by atoms with Crippen LogP contribution in [0.1, 0.15) is 11.1 Å². The van der Waals surface area contributed by atoms with Crippen LogP contribution >= 0.6 is 0 Å². The molecule has 0 saturated heterocycles. The molecule has 0 fully saturated rings. The number of amides is 1. The monoisotopic (exact) mass is 429 g/mol. The molecule has 2 aromatic carbocycles. The van der Waals surface area contributed by atoms with E-state index < -0.39 is 22.3 Å². The lowest BCUT2D eigenvalue weighted by Gasteiger charge is -2.11. The van der Waals surface area contributed by atoms with Crippen LogP contribution in [0.5, 0.6) is 11.5 Å². The first-order valence-electron chi connectivity index (χ1n) is 9.12. The molecule has 0 saturated carbocycles. The number of nitrogens with zero attached hydrogens (tertiary/aromatic N) is 3. The molecule has 164 valence electrons. The Bertz CT molecular complexity index is 1030. The molecule has 0 aliphatic rings. The summed E-state index contributed by atoms with van der Waals surface area (Å²) in [7, 11) is 2.79. The zero-order chi connectivity index (χ0) is 23.0. The number of nitrogens with two attached hydrogens (primary N) is 2. The number of benzene rings is 2. The van der Waals surface area contributed by atoms with Crippen LogP contribution in [0, 0.1) is 10.1 Å². The van der Waals surface area contributed by atoms with Gasteiger partial charge < -0.3 is 26.0 Å². The summed E-state index contributed by atoms with van der Waals surface area (Å²) in [6.45, 7) is 0.450. The maximum absolute atomic E-state index is 11.9. The fourth-order valence-corrected chi connectivity index (χ4v) is 2.77. The van der Waals surface area contributed by atoms with Gasteiger partial charge in [-0.2, -0.15) is 0 Å². The van der Waals surface area contributed by atoms with Crippen LogP contribution in [-0.2, 0) is 17.6 Å². The van der Waals surface area contributed by atoms with Gasteiger partial charge in [-0.1, -0.05) is 12.1 Å². The summed E-state index contributed by atoms with van der Waals surface area (Å²) in [4.78, 5) is 22.2. The molecule has 5 N–H and O–H groups in total. The number of hydrogen-bond donors (Lipinski definition) is 3. The molecule has 2 aromatic rings. The van der Waals surface area contributed by atoms with Crippen molar-refractivity contribution in [1.82, 2.24) is 0 Å². The minimum atomic E-state index is -1.00. The van der Waals surface area contributed by atoms with E-state index in [9.17, 15) is 20.0 Å². The molecule has 2 rings (SSSR count). The number of primary amides is 1. The number of carbonyl (C=O) groups excluding carboxylic acids is 1. The molecule has 11 nitrogen and oxygen atoms in total. The van der Waals surface area contributed by atoms with Crippen LogP contribution in [0.25, 0.3) is 0 Å². The molecule has 0 aliphatic heterocycles. The van der Waals surface area contributed by atoms with E-state index in [1.54, 1.807) is 12.1 Å². The molecule has 0 radical (unpaired) electrons. The van der Waals surface area contributed by atoms with E-state index in [4.69, 9.17) is 20.9 Å². The molecule has 0 heterocycles. The number of azo groups is 1. The van der Waals surface area contributed by atoms with Crippen molar-refractivity contribution in [1.29, 1.82) is 0 Å². The average Bonchev–Trinajstić information content (AvgIpc) is 2.74. The molecule has 1 amide bonds. The smallest absolute Gasteiger partial charge is 0.273 e. The minimum absolute atomic E-state index is 0.0671. The van der Waals surface area contributed by atoms with Gasteiger partial charge in [-0.05, 0) is 30.7 Å². The Kier molecular flexibility index (Phi) is 8.03. The van der Waals surface area contributed by atoms with E-state index >= 15 is 0 Å². The maximum atomic E-state index is 11.9. The number of aliphatic hydroxyl groups excluding tert-OH is 1. The molecule has 0 spiro atoms. The Morgan fingerprint density at radius 1 is 1.16 bits per heavy atom.